The van der Waals surface area contributed by atoms with Gasteiger partial charge in [0, 0.05) is 6.07 Å². The maximum Gasteiger partial charge on any atom is 0.306 e. The summed E-state index contributed by atoms with van der Waals surface area (Å²) in [6.07, 6.45) is 5.02. The van der Waals surface area contributed by atoms with Crippen LogP contribution in [0.2, 0.25) is 0 Å². The van der Waals surface area contributed by atoms with Gasteiger partial charge in [0.2, 0.25) is 11.2 Å². The monoisotopic (exact) mass is 402 g/mol. The third-order valence-electron chi connectivity index (χ3n) is 4.05. The van der Waals surface area contributed by atoms with Gasteiger partial charge in [0.1, 0.15) is 19.0 Å². The van der Waals surface area contributed by atoms with E-state index >= 15 is 0 Å². The second-order valence-corrected chi connectivity index (χ2v) is 5.91. The number of aliphatic hydroxyl groups excluding tert-OH is 1. The quantitative estimate of drug-likeness (QED) is 0.483. The molecule has 29 heavy (non-hydrogen) atoms. The molecule has 1 heterocycles. The predicted octanol–water partition coefficient (Wildman–Crippen LogP) is 1.94. The van der Waals surface area contributed by atoms with Crippen LogP contribution in [0.4, 0.5) is 0 Å². The maximum absolute atomic E-state index is 12.2. The SMILES string of the molecule is C#CCOc1cc([C@H](CC(=O)OCC)c2oc(CO)cc(=O)c2O)ccc1OC. The van der Waals surface area contributed by atoms with E-state index in [-0.39, 0.29) is 31.2 Å². The van der Waals surface area contributed by atoms with Crippen LogP contribution in [-0.2, 0) is 16.1 Å². The highest BCUT2D eigenvalue weighted by Crippen LogP contribution is 2.37. The number of esters is 1. The third kappa shape index (κ3) is 5.30. The topological polar surface area (TPSA) is 115 Å². The molecule has 0 aliphatic heterocycles. The van der Waals surface area contributed by atoms with Crippen molar-refractivity contribution < 1.29 is 33.6 Å². The van der Waals surface area contributed by atoms with E-state index in [9.17, 15) is 19.8 Å². The molecule has 0 amide bonds. The van der Waals surface area contributed by atoms with Crippen LogP contribution in [0.1, 0.15) is 36.3 Å². The Balaban J connectivity index is 2.61. The van der Waals surface area contributed by atoms with Gasteiger partial charge in [-0.05, 0) is 24.6 Å². The molecule has 0 spiro atoms. The van der Waals surface area contributed by atoms with Gasteiger partial charge in [-0.3, -0.25) is 9.59 Å². The zero-order valence-corrected chi connectivity index (χ0v) is 16.1. The third-order valence-corrected chi connectivity index (χ3v) is 4.05. The fourth-order valence-electron chi connectivity index (χ4n) is 2.76. The molecule has 1 aromatic heterocycles. The van der Waals surface area contributed by atoms with Crippen molar-refractivity contribution in [2.45, 2.75) is 25.9 Å². The van der Waals surface area contributed by atoms with E-state index in [1.165, 1.54) is 7.11 Å². The zero-order chi connectivity index (χ0) is 21.4. The van der Waals surface area contributed by atoms with Crippen LogP contribution >= 0.6 is 0 Å². The first-order valence-corrected chi connectivity index (χ1v) is 8.81. The highest BCUT2D eigenvalue weighted by molar-refractivity contribution is 5.71. The van der Waals surface area contributed by atoms with Gasteiger partial charge in [-0.1, -0.05) is 12.0 Å². The molecule has 0 aliphatic rings. The number of aromatic hydroxyl groups is 1. The Morgan fingerprint density at radius 3 is 2.69 bits per heavy atom. The minimum Gasteiger partial charge on any atom is -0.502 e. The summed E-state index contributed by atoms with van der Waals surface area (Å²) in [6.45, 7) is 1.27. The molecule has 0 saturated heterocycles. The van der Waals surface area contributed by atoms with E-state index in [4.69, 9.17) is 25.1 Å². The van der Waals surface area contributed by atoms with E-state index in [0.717, 1.165) is 6.07 Å². The molecule has 0 bridgehead atoms. The minimum atomic E-state index is -0.882. The van der Waals surface area contributed by atoms with Crippen molar-refractivity contribution in [2.75, 3.05) is 20.3 Å². The van der Waals surface area contributed by atoms with E-state index < -0.39 is 29.7 Å². The average Bonchev–Trinajstić information content (AvgIpc) is 2.72. The van der Waals surface area contributed by atoms with Crippen molar-refractivity contribution in [1.82, 2.24) is 0 Å². The molecular weight excluding hydrogens is 380 g/mol. The van der Waals surface area contributed by atoms with Crippen molar-refractivity contribution >= 4 is 5.97 Å². The van der Waals surface area contributed by atoms with Crippen molar-refractivity contribution in [3.8, 4) is 29.6 Å². The number of carbonyl (C=O) groups is 1. The molecule has 2 aromatic rings. The number of hydrogen-bond acceptors (Lipinski definition) is 8. The number of terminal acetylenes is 1. The van der Waals surface area contributed by atoms with Gasteiger partial charge >= 0.3 is 5.97 Å². The van der Waals surface area contributed by atoms with Crippen molar-refractivity contribution in [1.29, 1.82) is 0 Å². The van der Waals surface area contributed by atoms with E-state index in [0.29, 0.717) is 17.1 Å². The Labute approximate surface area is 167 Å². The van der Waals surface area contributed by atoms with Crippen LogP contribution in [0.25, 0.3) is 0 Å². The van der Waals surface area contributed by atoms with Gasteiger partial charge in [0.05, 0.1) is 26.1 Å². The number of aliphatic hydroxyl groups is 1. The fourth-order valence-corrected chi connectivity index (χ4v) is 2.76. The van der Waals surface area contributed by atoms with Crippen LogP contribution in [-0.4, -0.2) is 36.5 Å². The molecule has 0 radical (unpaired) electrons. The summed E-state index contributed by atoms with van der Waals surface area (Å²) in [4.78, 5) is 24.2. The summed E-state index contributed by atoms with van der Waals surface area (Å²) in [5, 5.41) is 19.6. The Bertz CT molecular complexity index is 954. The minimum absolute atomic E-state index is 0.0112. The van der Waals surface area contributed by atoms with E-state index in [1.54, 1.807) is 25.1 Å². The number of methoxy groups -OCH3 is 1. The van der Waals surface area contributed by atoms with Crippen LogP contribution < -0.4 is 14.9 Å². The lowest BCUT2D eigenvalue weighted by Crippen LogP contribution is -2.15. The molecule has 2 N–H and O–H groups in total. The summed E-state index contributed by atoms with van der Waals surface area (Å²) < 4.78 is 21.2. The Hall–Kier alpha value is -3.44. The molecular formula is C21H22O8. The number of rotatable bonds is 9. The molecule has 0 unspecified atom stereocenters. The van der Waals surface area contributed by atoms with Gasteiger partial charge in [-0.2, -0.15) is 0 Å². The van der Waals surface area contributed by atoms with Gasteiger partial charge < -0.3 is 28.8 Å². The predicted molar refractivity (Wildman–Crippen MR) is 103 cm³/mol. The lowest BCUT2D eigenvalue weighted by Gasteiger charge is -2.19. The van der Waals surface area contributed by atoms with Gasteiger partial charge in [0.15, 0.2) is 17.3 Å². The Morgan fingerprint density at radius 2 is 2.07 bits per heavy atom. The first-order valence-electron chi connectivity index (χ1n) is 8.81. The summed E-state index contributed by atoms with van der Waals surface area (Å²) in [6, 6.07) is 5.79. The van der Waals surface area contributed by atoms with Crippen molar-refractivity contribution in [2.24, 2.45) is 0 Å². The largest absolute Gasteiger partial charge is 0.502 e. The smallest absolute Gasteiger partial charge is 0.306 e. The second-order valence-electron chi connectivity index (χ2n) is 5.91. The number of ether oxygens (including phenoxy) is 3. The second kappa shape index (κ2) is 10.2. The molecule has 8 heteroatoms. The molecule has 1 atom stereocenters. The number of benzene rings is 1. The maximum atomic E-state index is 12.2. The van der Waals surface area contributed by atoms with E-state index in [1.807, 2.05) is 0 Å². The normalized spacial score (nSPS) is 11.4. The standard InChI is InChI=1S/C21H22O8/c1-4-8-28-18-9-13(6-7-17(18)26-3)15(11-19(24)27-5-2)21-20(25)16(23)10-14(12-22)29-21/h1,6-7,9-10,15,22,25H,5,8,11-12H2,2-3H3/t15-/m0/s1. The highest BCUT2D eigenvalue weighted by atomic mass is 16.5. The Morgan fingerprint density at radius 1 is 1.31 bits per heavy atom. The van der Waals surface area contributed by atoms with Crippen molar-refractivity contribution in [3.63, 3.8) is 0 Å². The van der Waals surface area contributed by atoms with Crippen LogP contribution in [0, 0.1) is 12.3 Å². The van der Waals surface area contributed by atoms with Crippen LogP contribution in [0.5, 0.6) is 17.2 Å². The Kier molecular flexibility index (Phi) is 7.69. The van der Waals surface area contributed by atoms with Crippen LogP contribution in [0.3, 0.4) is 0 Å². The zero-order valence-electron chi connectivity index (χ0n) is 16.1. The van der Waals surface area contributed by atoms with Crippen LogP contribution in [0.15, 0.2) is 33.5 Å². The van der Waals surface area contributed by atoms with Gasteiger partial charge in [-0.15, -0.1) is 6.42 Å². The van der Waals surface area contributed by atoms with Gasteiger partial charge in [-0.25, -0.2) is 0 Å². The number of hydrogen-bond donors (Lipinski definition) is 2. The summed E-state index contributed by atoms with van der Waals surface area (Å²) in [7, 11) is 1.46. The molecule has 1 aromatic carbocycles. The molecule has 0 saturated carbocycles. The number of carbonyl (C=O) groups excluding carboxylic acids is 1. The summed E-state index contributed by atoms with van der Waals surface area (Å²) in [5.41, 5.74) is -0.249. The first kappa shape index (κ1) is 21.9. The fraction of sp³-hybridized carbons (Fsp3) is 0.333. The molecule has 0 aliphatic carbocycles. The molecule has 2 rings (SSSR count). The lowest BCUT2D eigenvalue weighted by atomic mass is 9.91. The summed E-state index contributed by atoms with van der Waals surface area (Å²) >= 11 is 0. The van der Waals surface area contributed by atoms with Crippen molar-refractivity contribution in [3.05, 3.63) is 51.6 Å². The lowest BCUT2D eigenvalue weighted by molar-refractivity contribution is -0.143. The van der Waals surface area contributed by atoms with E-state index in [2.05, 4.69) is 5.92 Å². The summed E-state index contributed by atoms with van der Waals surface area (Å²) in [5.74, 6) is 0.769. The molecule has 0 fully saturated rings. The highest BCUT2D eigenvalue weighted by Gasteiger charge is 2.27. The first-order chi connectivity index (χ1) is 13.9. The average molecular weight is 402 g/mol. The molecule has 154 valence electrons. The van der Waals surface area contributed by atoms with Gasteiger partial charge in [0.25, 0.3) is 0 Å². The molecule has 8 nitrogen and oxygen atoms in total.